The Kier molecular flexibility index (Phi) is 4.73. The van der Waals surface area contributed by atoms with Crippen molar-refractivity contribution in [2.45, 2.75) is 32.1 Å². The van der Waals surface area contributed by atoms with Gasteiger partial charge in [0.1, 0.15) is 0 Å². The number of carbonyl (C=O) groups is 1. The Hall–Kier alpha value is -1.89. The largest absolute Gasteiger partial charge is 0.370 e. The minimum absolute atomic E-state index is 0.0758. The molecule has 1 atom stereocenters. The molecular formula is C19H29N5O2. The fraction of sp³-hybridized carbons (Fsp3) is 0.737. The van der Waals surface area contributed by atoms with Gasteiger partial charge in [-0.15, -0.1) is 0 Å². The van der Waals surface area contributed by atoms with Crippen molar-refractivity contribution in [2.24, 2.45) is 24.3 Å². The summed E-state index contributed by atoms with van der Waals surface area (Å²) in [7, 11) is 1.66. The first-order chi connectivity index (χ1) is 12.6. The highest BCUT2D eigenvalue weighted by atomic mass is 16.2. The molecular weight excluding hydrogens is 330 g/mol. The number of piperidine rings is 2. The number of anilines is 1. The molecule has 2 aliphatic heterocycles. The minimum atomic E-state index is -0.0758. The van der Waals surface area contributed by atoms with Gasteiger partial charge < -0.3 is 15.5 Å². The van der Waals surface area contributed by atoms with Crippen molar-refractivity contribution in [1.82, 2.24) is 20.4 Å². The molecule has 1 aromatic rings. The predicted octanol–water partition coefficient (Wildman–Crippen LogP) is 0.503. The van der Waals surface area contributed by atoms with E-state index in [1.807, 2.05) is 0 Å². The van der Waals surface area contributed by atoms with Crippen molar-refractivity contribution in [2.75, 3.05) is 37.6 Å². The normalized spacial score (nSPS) is 25.3. The lowest BCUT2D eigenvalue weighted by Crippen LogP contribution is -2.40. The van der Waals surface area contributed by atoms with E-state index in [0.29, 0.717) is 11.3 Å². The molecule has 0 unspecified atom stereocenters. The summed E-state index contributed by atoms with van der Waals surface area (Å²) in [5, 5.41) is 10.7. The number of nitrogens with one attached hydrogen (secondary N) is 2. The van der Waals surface area contributed by atoms with Gasteiger partial charge in [0, 0.05) is 38.7 Å². The van der Waals surface area contributed by atoms with Gasteiger partial charge >= 0.3 is 0 Å². The number of aryl methyl sites for hydroxylation is 1. The summed E-state index contributed by atoms with van der Waals surface area (Å²) in [6.45, 7) is 4.72. The Morgan fingerprint density at radius 2 is 2.08 bits per heavy atom. The number of hydrogen-bond acceptors (Lipinski definition) is 5. The van der Waals surface area contributed by atoms with Crippen LogP contribution in [-0.4, -0.2) is 48.4 Å². The Labute approximate surface area is 154 Å². The number of carbonyl (C=O) groups excluding carboxylic acids is 1. The lowest BCUT2D eigenvalue weighted by Gasteiger charge is -2.33. The van der Waals surface area contributed by atoms with Crippen LogP contribution >= 0.6 is 0 Å². The van der Waals surface area contributed by atoms with Crippen molar-refractivity contribution in [3.05, 3.63) is 22.6 Å². The zero-order valence-corrected chi connectivity index (χ0v) is 15.5. The van der Waals surface area contributed by atoms with E-state index < -0.39 is 0 Å². The quantitative estimate of drug-likeness (QED) is 0.819. The van der Waals surface area contributed by atoms with E-state index in [4.69, 9.17) is 0 Å². The van der Waals surface area contributed by atoms with Crippen LogP contribution in [0.4, 0.5) is 5.69 Å². The summed E-state index contributed by atoms with van der Waals surface area (Å²) >= 11 is 0. The van der Waals surface area contributed by atoms with Crippen LogP contribution < -0.4 is 21.1 Å². The van der Waals surface area contributed by atoms with Gasteiger partial charge in [-0.2, -0.15) is 5.10 Å². The Balaban J connectivity index is 1.22. The van der Waals surface area contributed by atoms with E-state index in [1.54, 1.807) is 19.3 Å². The Morgan fingerprint density at radius 1 is 1.35 bits per heavy atom. The van der Waals surface area contributed by atoms with Crippen molar-refractivity contribution in [1.29, 1.82) is 0 Å². The number of rotatable bonds is 4. The summed E-state index contributed by atoms with van der Waals surface area (Å²) in [4.78, 5) is 26.5. The van der Waals surface area contributed by atoms with Gasteiger partial charge in [0.05, 0.1) is 11.9 Å². The smallest absolute Gasteiger partial charge is 0.268 e. The molecule has 3 heterocycles. The van der Waals surface area contributed by atoms with Gasteiger partial charge in [-0.3, -0.25) is 9.59 Å². The average Bonchev–Trinajstić information content (AvgIpc) is 3.36. The fourth-order valence-electron chi connectivity index (χ4n) is 4.59. The molecule has 1 amide bonds. The molecule has 3 fully saturated rings. The van der Waals surface area contributed by atoms with Crippen LogP contribution in [-0.2, 0) is 11.8 Å². The second-order valence-electron chi connectivity index (χ2n) is 8.22. The maximum atomic E-state index is 12.5. The molecule has 0 aromatic carbocycles. The monoisotopic (exact) mass is 359 g/mol. The second-order valence-corrected chi connectivity index (χ2v) is 8.22. The lowest BCUT2D eigenvalue weighted by atomic mass is 9.91. The molecule has 1 saturated carbocycles. The highest BCUT2D eigenvalue weighted by Gasteiger charge is 2.57. The Bertz CT molecular complexity index is 717. The van der Waals surface area contributed by atoms with Gasteiger partial charge in [-0.05, 0) is 56.5 Å². The zero-order valence-electron chi connectivity index (χ0n) is 15.5. The fourth-order valence-corrected chi connectivity index (χ4v) is 4.59. The van der Waals surface area contributed by atoms with Crippen LogP contribution in [0.15, 0.2) is 17.1 Å². The van der Waals surface area contributed by atoms with E-state index in [1.165, 1.54) is 4.68 Å². The lowest BCUT2D eigenvalue weighted by molar-refractivity contribution is -0.123. The SMILES string of the molecule is Cn1ncc(N2CCC(CNC(=O)[C@@H]3CC34CCNCC4)CC2)cc1=O. The average molecular weight is 359 g/mol. The molecule has 2 N–H and O–H groups in total. The van der Waals surface area contributed by atoms with E-state index in [9.17, 15) is 9.59 Å². The van der Waals surface area contributed by atoms with Crippen LogP contribution in [0.5, 0.6) is 0 Å². The van der Waals surface area contributed by atoms with E-state index >= 15 is 0 Å². The van der Waals surface area contributed by atoms with Gasteiger partial charge in [0.15, 0.2) is 0 Å². The summed E-state index contributed by atoms with van der Waals surface area (Å²) in [6, 6.07) is 1.65. The molecule has 1 aromatic heterocycles. The molecule has 1 spiro atoms. The van der Waals surface area contributed by atoms with Crippen LogP contribution in [0.25, 0.3) is 0 Å². The first-order valence-corrected chi connectivity index (χ1v) is 9.84. The first-order valence-electron chi connectivity index (χ1n) is 9.84. The molecule has 1 aliphatic carbocycles. The number of nitrogens with zero attached hydrogens (tertiary/aromatic N) is 3. The minimum Gasteiger partial charge on any atom is -0.370 e. The standard InChI is InChI=1S/C19H29N5O2/c1-23-17(25)10-15(13-22-23)24-8-2-14(3-9-24)12-21-18(26)16-11-19(16)4-6-20-7-5-19/h10,13-14,16,20H,2-9,11-12H2,1H3,(H,21,26)/t16-/m0/s1. The second kappa shape index (κ2) is 7.02. The van der Waals surface area contributed by atoms with E-state index in [2.05, 4.69) is 20.6 Å². The molecule has 142 valence electrons. The highest BCUT2D eigenvalue weighted by Crippen LogP contribution is 2.58. The summed E-state index contributed by atoms with van der Waals surface area (Å²) in [6.07, 6.45) is 7.20. The molecule has 0 bridgehead atoms. The van der Waals surface area contributed by atoms with Crippen molar-refractivity contribution in [3.8, 4) is 0 Å². The van der Waals surface area contributed by atoms with E-state index in [-0.39, 0.29) is 17.4 Å². The van der Waals surface area contributed by atoms with Gasteiger partial charge in [-0.25, -0.2) is 4.68 Å². The highest BCUT2D eigenvalue weighted by molar-refractivity contribution is 5.82. The van der Waals surface area contributed by atoms with Gasteiger partial charge in [-0.1, -0.05) is 0 Å². The number of aromatic nitrogens is 2. The summed E-state index contributed by atoms with van der Waals surface area (Å²) in [5.74, 6) is 1.04. The van der Waals surface area contributed by atoms with Crippen molar-refractivity contribution >= 4 is 11.6 Å². The number of amides is 1. The van der Waals surface area contributed by atoms with Gasteiger partial charge in [0.25, 0.3) is 5.56 Å². The third-order valence-corrected chi connectivity index (χ3v) is 6.60. The first kappa shape index (κ1) is 17.5. The molecule has 0 radical (unpaired) electrons. The maximum absolute atomic E-state index is 12.5. The molecule has 2 saturated heterocycles. The van der Waals surface area contributed by atoms with Crippen LogP contribution in [0.2, 0.25) is 0 Å². The predicted molar refractivity (Wildman–Crippen MR) is 100 cm³/mol. The topological polar surface area (TPSA) is 79.3 Å². The van der Waals surface area contributed by atoms with E-state index in [0.717, 1.165) is 70.5 Å². The van der Waals surface area contributed by atoms with Crippen LogP contribution in [0, 0.1) is 17.3 Å². The molecule has 7 heteroatoms. The zero-order chi connectivity index (χ0) is 18.1. The number of hydrogen-bond donors (Lipinski definition) is 2. The van der Waals surface area contributed by atoms with Crippen LogP contribution in [0.1, 0.15) is 32.1 Å². The molecule has 3 aliphatic rings. The Morgan fingerprint density at radius 3 is 2.77 bits per heavy atom. The molecule has 7 nitrogen and oxygen atoms in total. The molecule has 4 rings (SSSR count). The molecule has 26 heavy (non-hydrogen) atoms. The van der Waals surface area contributed by atoms with Crippen LogP contribution in [0.3, 0.4) is 0 Å². The third kappa shape index (κ3) is 3.49. The van der Waals surface area contributed by atoms with Gasteiger partial charge in [0.2, 0.25) is 5.91 Å². The summed E-state index contributed by atoms with van der Waals surface area (Å²) < 4.78 is 1.35. The summed E-state index contributed by atoms with van der Waals surface area (Å²) in [5.41, 5.74) is 1.14. The van der Waals surface area contributed by atoms with Crippen molar-refractivity contribution in [3.63, 3.8) is 0 Å². The third-order valence-electron chi connectivity index (χ3n) is 6.60. The maximum Gasteiger partial charge on any atom is 0.268 e. The van der Waals surface area contributed by atoms with Crippen molar-refractivity contribution < 1.29 is 4.79 Å².